The fourth-order valence-corrected chi connectivity index (χ4v) is 5.20. The number of aromatic nitrogens is 2. The van der Waals surface area contributed by atoms with Crippen LogP contribution in [0.5, 0.6) is 11.5 Å². The maximum absolute atomic E-state index is 13.7. The monoisotopic (exact) mass is 441 g/mol. The van der Waals surface area contributed by atoms with Gasteiger partial charge in [0.15, 0.2) is 11.5 Å². The average Bonchev–Trinajstić information content (AvgIpc) is 3.16. The van der Waals surface area contributed by atoms with Gasteiger partial charge in [-0.25, -0.2) is 4.79 Å². The molecule has 0 spiro atoms. The Kier molecular flexibility index (Phi) is 5.15. The predicted octanol–water partition coefficient (Wildman–Crippen LogP) is 4.27. The van der Waals surface area contributed by atoms with Gasteiger partial charge in [0, 0.05) is 13.1 Å². The molecule has 2 aliphatic heterocycles. The summed E-state index contributed by atoms with van der Waals surface area (Å²) in [6, 6.07) is 26.0. The third-order valence-electron chi connectivity index (χ3n) is 6.67. The largest absolute Gasteiger partial charge is 0.486 e. The first-order valence-corrected chi connectivity index (χ1v) is 11.7. The number of ether oxygens (including phenoxy) is 2. The minimum atomic E-state index is -0.0129. The van der Waals surface area contributed by atoms with E-state index in [2.05, 4.69) is 11.0 Å². The quantitative estimate of drug-likeness (QED) is 0.475. The van der Waals surface area contributed by atoms with Gasteiger partial charge in [0.25, 0.3) is 0 Å². The third-order valence-corrected chi connectivity index (χ3v) is 6.67. The van der Waals surface area contributed by atoms with Crippen molar-refractivity contribution in [2.75, 3.05) is 26.2 Å². The molecule has 6 heteroatoms. The Labute approximate surface area is 192 Å². The van der Waals surface area contributed by atoms with Gasteiger partial charge in [-0.3, -0.25) is 14.0 Å². The van der Waals surface area contributed by atoms with E-state index in [4.69, 9.17) is 9.47 Å². The molecule has 3 aromatic carbocycles. The molecule has 0 aliphatic carbocycles. The first kappa shape index (κ1) is 20.1. The summed E-state index contributed by atoms with van der Waals surface area (Å²) in [7, 11) is 0. The van der Waals surface area contributed by atoms with Gasteiger partial charge in [-0.1, -0.05) is 42.5 Å². The lowest BCUT2D eigenvalue weighted by atomic mass is 10.0. The smallest absolute Gasteiger partial charge is 0.334 e. The number of imidazole rings is 1. The van der Waals surface area contributed by atoms with Gasteiger partial charge in [0.1, 0.15) is 12.7 Å². The standard InChI is InChI=1S/C27H27N3O3/c31-27-29(20-9-2-1-3-10-20)23-12-4-5-13-24(23)30(27)21-11-8-16-28(17-21)18-22-19-32-25-14-6-7-15-26(25)33-22/h1-7,9-10,12-15,21-22H,8,11,16-19H2. The number of hydrogen-bond acceptors (Lipinski definition) is 4. The molecule has 0 amide bonds. The van der Waals surface area contributed by atoms with Gasteiger partial charge in [0.2, 0.25) is 0 Å². The number of piperidine rings is 1. The Bertz CT molecular complexity index is 1330. The van der Waals surface area contributed by atoms with Crippen molar-refractivity contribution < 1.29 is 9.47 Å². The summed E-state index contributed by atoms with van der Waals surface area (Å²) in [5.74, 6) is 1.62. The average molecular weight is 442 g/mol. The lowest BCUT2D eigenvalue weighted by Gasteiger charge is -2.36. The van der Waals surface area contributed by atoms with Crippen molar-refractivity contribution in [1.29, 1.82) is 0 Å². The molecule has 0 bridgehead atoms. The summed E-state index contributed by atoms with van der Waals surface area (Å²) in [5, 5.41) is 0. The molecule has 3 heterocycles. The lowest BCUT2D eigenvalue weighted by Crippen LogP contribution is -2.46. The number of fused-ring (bicyclic) bond motifs is 2. The van der Waals surface area contributed by atoms with Gasteiger partial charge in [-0.05, 0) is 55.8 Å². The molecule has 1 saturated heterocycles. The number of benzene rings is 3. The lowest BCUT2D eigenvalue weighted by molar-refractivity contribution is 0.0461. The second-order valence-corrected chi connectivity index (χ2v) is 8.87. The number of nitrogens with zero attached hydrogens (tertiary/aromatic N) is 3. The van der Waals surface area contributed by atoms with Gasteiger partial charge in [-0.2, -0.15) is 0 Å². The van der Waals surface area contributed by atoms with Crippen LogP contribution >= 0.6 is 0 Å². The molecular weight excluding hydrogens is 414 g/mol. The second kappa shape index (κ2) is 8.45. The minimum Gasteiger partial charge on any atom is -0.486 e. The van der Waals surface area contributed by atoms with Gasteiger partial charge < -0.3 is 9.47 Å². The summed E-state index contributed by atoms with van der Waals surface area (Å²) in [6.07, 6.45) is 2.02. The molecule has 33 heavy (non-hydrogen) atoms. The van der Waals surface area contributed by atoms with E-state index in [1.807, 2.05) is 81.9 Å². The van der Waals surface area contributed by atoms with E-state index < -0.39 is 0 Å². The van der Waals surface area contributed by atoms with Gasteiger partial charge in [-0.15, -0.1) is 0 Å². The molecule has 4 aromatic rings. The highest BCUT2D eigenvalue weighted by atomic mass is 16.6. The van der Waals surface area contributed by atoms with E-state index in [0.29, 0.717) is 6.61 Å². The second-order valence-electron chi connectivity index (χ2n) is 8.87. The molecule has 1 aromatic heterocycles. The van der Waals surface area contributed by atoms with Crippen molar-refractivity contribution in [2.24, 2.45) is 0 Å². The van der Waals surface area contributed by atoms with Crippen molar-refractivity contribution in [3.63, 3.8) is 0 Å². The fourth-order valence-electron chi connectivity index (χ4n) is 5.20. The molecule has 6 nitrogen and oxygen atoms in total. The Morgan fingerprint density at radius 2 is 1.58 bits per heavy atom. The highest BCUT2D eigenvalue weighted by Crippen LogP contribution is 2.32. The zero-order valence-electron chi connectivity index (χ0n) is 18.5. The molecule has 6 rings (SSSR count). The SMILES string of the molecule is O=c1n(-c2ccccc2)c2ccccc2n1C1CCCN(CC2COc3ccccc3O2)C1. The van der Waals surface area contributed by atoms with Crippen LogP contribution in [0, 0.1) is 0 Å². The molecule has 0 saturated carbocycles. The highest BCUT2D eigenvalue weighted by Gasteiger charge is 2.29. The van der Waals surface area contributed by atoms with E-state index in [9.17, 15) is 4.79 Å². The Morgan fingerprint density at radius 1 is 0.848 bits per heavy atom. The molecule has 0 radical (unpaired) electrons. The van der Waals surface area contributed by atoms with Crippen molar-refractivity contribution in [2.45, 2.75) is 25.0 Å². The maximum atomic E-state index is 13.7. The van der Waals surface area contributed by atoms with Crippen LogP contribution in [0.4, 0.5) is 0 Å². The summed E-state index contributed by atoms with van der Waals surface area (Å²) < 4.78 is 15.9. The van der Waals surface area contributed by atoms with Gasteiger partial charge >= 0.3 is 5.69 Å². The Balaban J connectivity index is 1.28. The molecule has 0 N–H and O–H groups in total. The van der Waals surface area contributed by atoms with Crippen LogP contribution in [0.15, 0.2) is 83.7 Å². The van der Waals surface area contributed by atoms with Crippen molar-refractivity contribution in [3.8, 4) is 17.2 Å². The van der Waals surface area contributed by atoms with Crippen LogP contribution < -0.4 is 15.2 Å². The normalized spacial score (nSPS) is 20.7. The van der Waals surface area contributed by atoms with Crippen LogP contribution in [0.2, 0.25) is 0 Å². The highest BCUT2D eigenvalue weighted by molar-refractivity contribution is 5.78. The van der Waals surface area contributed by atoms with E-state index >= 15 is 0 Å². The number of likely N-dealkylation sites (tertiary alicyclic amines) is 1. The zero-order chi connectivity index (χ0) is 22.2. The summed E-state index contributed by atoms with van der Waals surface area (Å²) in [6.45, 7) is 3.16. The van der Waals surface area contributed by atoms with E-state index in [-0.39, 0.29) is 17.8 Å². The van der Waals surface area contributed by atoms with Crippen molar-refractivity contribution in [1.82, 2.24) is 14.0 Å². The number of rotatable bonds is 4. The van der Waals surface area contributed by atoms with Gasteiger partial charge in [0.05, 0.1) is 22.8 Å². The van der Waals surface area contributed by atoms with E-state index in [1.54, 1.807) is 0 Å². The number of hydrogen-bond donors (Lipinski definition) is 0. The van der Waals surface area contributed by atoms with Crippen LogP contribution in [0.3, 0.4) is 0 Å². The van der Waals surface area contributed by atoms with Crippen LogP contribution in [0.25, 0.3) is 16.7 Å². The maximum Gasteiger partial charge on any atom is 0.334 e. The van der Waals surface area contributed by atoms with Crippen LogP contribution in [-0.4, -0.2) is 46.4 Å². The molecule has 168 valence electrons. The van der Waals surface area contributed by atoms with Crippen molar-refractivity contribution in [3.05, 3.63) is 89.3 Å². The first-order chi connectivity index (χ1) is 16.3. The Hall–Kier alpha value is -3.51. The van der Waals surface area contributed by atoms with Crippen molar-refractivity contribution >= 4 is 11.0 Å². The number of para-hydroxylation sites is 5. The van der Waals surface area contributed by atoms with Crippen LogP contribution in [0.1, 0.15) is 18.9 Å². The molecular formula is C27H27N3O3. The first-order valence-electron chi connectivity index (χ1n) is 11.7. The molecule has 1 fully saturated rings. The Morgan fingerprint density at radius 3 is 2.42 bits per heavy atom. The summed E-state index contributed by atoms with van der Waals surface area (Å²) in [5.41, 5.74) is 2.87. The topological polar surface area (TPSA) is 48.6 Å². The van der Waals surface area contributed by atoms with Crippen LogP contribution in [-0.2, 0) is 0 Å². The zero-order valence-corrected chi connectivity index (χ0v) is 18.5. The molecule has 2 atom stereocenters. The fraction of sp³-hybridized carbons (Fsp3) is 0.296. The van der Waals surface area contributed by atoms with E-state index in [1.165, 1.54) is 0 Å². The summed E-state index contributed by atoms with van der Waals surface area (Å²) in [4.78, 5) is 16.1. The molecule has 2 unspecified atom stereocenters. The molecule has 2 aliphatic rings. The van der Waals surface area contributed by atoms with E-state index in [0.717, 1.165) is 60.7 Å². The summed E-state index contributed by atoms with van der Waals surface area (Å²) >= 11 is 0. The minimum absolute atomic E-state index is 0.0129. The third kappa shape index (κ3) is 3.70. The predicted molar refractivity (Wildman–Crippen MR) is 129 cm³/mol.